The number of piperidine rings is 1. The molecule has 2 aliphatic rings. The van der Waals surface area contributed by atoms with Gasteiger partial charge >= 0.3 is 5.97 Å². The minimum absolute atomic E-state index is 0.0716. The van der Waals surface area contributed by atoms with Gasteiger partial charge in [0.15, 0.2) is 0 Å². The van der Waals surface area contributed by atoms with E-state index >= 15 is 0 Å². The highest BCUT2D eigenvalue weighted by molar-refractivity contribution is 5.69. The van der Waals surface area contributed by atoms with Crippen molar-refractivity contribution in [3.05, 3.63) is 0 Å². The Balaban J connectivity index is 1.97. The lowest BCUT2D eigenvalue weighted by atomic mass is 9.90. The zero-order valence-electron chi connectivity index (χ0n) is 12.5. The van der Waals surface area contributed by atoms with Crippen molar-refractivity contribution in [2.75, 3.05) is 26.7 Å². The summed E-state index contributed by atoms with van der Waals surface area (Å²) in [6.07, 6.45) is 4.29. The van der Waals surface area contributed by atoms with Crippen LogP contribution in [0.4, 0.5) is 0 Å². The molecule has 2 fully saturated rings. The molecule has 4 atom stereocenters. The van der Waals surface area contributed by atoms with Gasteiger partial charge in [0.2, 0.25) is 0 Å². The molecule has 0 aromatic heterocycles. The molecule has 0 saturated carbocycles. The molecule has 4 unspecified atom stereocenters. The van der Waals surface area contributed by atoms with Gasteiger partial charge in [0, 0.05) is 18.5 Å². The summed E-state index contributed by atoms with van der Waals surface area (Å²) in [5, 5.41) is 3.47. The molecule has 0 bridgehead atoms. The van der Waals surface area contributed by atoms with E-state index in [1.54, 1.807) is 0 Å². The van der Waals surface area contributed by atoms with Gasteiger partial charge in [0.05, 0.1) is 7.11 Å². The second-order valence-electron chi connectivity index (χ2n) is 6.24. The number of carbonyl (C=O) groups is 1. The Hall–Kier alpha value is -0.610. The van der Waals surface area contributed by atoms with E-state index in [-0.39, 0.29) is 5.97 Å². The molecule has 0 radical (unpaired) electrons. The molecule has 0 spiro atoms. The highest BCUT2D eigenvalue weighted by atomic mass is 16.5. The smallest absolute Gasteiger partial charge is 0.305 e. The minimum Gasteiger partial charge on any atom is -0.469 e. The third kappa shape index (κ3) is 3.48. The number of esters is 1. The standard InChI is InChI=1S/C15H28N2O2/c1-11(9-15(18)19-3)13-5-4-8-17(13)14-6-7-16-10-12(14)2/h11-14,16H,4-10H2,1-3H3. The van der Waals surface area contributed by atoms with E-state index in [0.717, 1.165) is 13.1 Å². The van der Waals surface area contributed by atoms with Crippen LogP contribution in [-0.2, 0) is 9.53 Å². The number of likely N-dealkylation sites (tertiary alicyclic amines) is 1. The van der Waals surface area contributed by atoms with Crippen LogP contribution in [0.3, 0.4) is 0 Å². The van der Waals surface area contributed by atoms with Crippen LogP contribution >= 0.6 is 0 Å². The Kier molecular flexibility index (Phi) is 5.22. The molecular formula is C15H28N2O2. The van der Waals surface area contributed by atoms with Crippen LogP contribution in [-0.4, -0.2) is 49.7 Å². The van der Waals surface area contributed by atoms with Crippen molar-refractivity contribution in [1.82, 2.24) is 10.2 Å². The summed E-state index contributed by atoms with van der Waals surface area (Å²) in [6, 6.07) is 1.25. The third-order valence-electron chi connectivity index (χ3n) is 4.88. The first-order valence-corrected chi connectivity index (χ1v) is 7.66. The predicted octanol–water partition coefficient (Wildman–Crippen LogP) is 1.65. The van der Waals surface area contributed by atoms with E-state index in [9.17, 15) is 4.79 Å². The summed E-state index contributed by atoms with van der Waals surface area (Å²) in [7, 11) is 1.48. The number of carbonyl (C=O) groups excluding carboxylic acids is 1. The van der Waals surface area contributed by atoms with Gasteiger partial charge in [-0.2, -0.15) is 0 Å². The van der Waals surface area contributed by atoms with E-state index < -0.39 is 0 Å². The topological polar surface area (TPSA) is 41.6 Å². The lowest BCUT2D eigenvalue weighted by Crippen LogP contribution is -2.51. The number of methoxy groups -OCH3 is 1. The molecule has 2 saturated heterocycles. The fraction of sp³-hybridized carbons (Fsp3) is 0.933. The average Bonchev–Trinajstić information content (AvgIpc) is 2.88. The van der Waals surface area contributed by atoms with E-state index in [4.69, 9.17) is 4.74 Å². The van der Waals surface area contributed by atoms with Crippen LogP contribution in [0.2, 0.25) is 0 Å². The van der Waals surface area contributed by atoms with E-state index in [1.807, 2.05) is 0 Å². The van der Waals surface area contributed by atoms with Crippen molar-refractivity contribution in [3.8, 4) is 0 Å². The van der Waals surface area contributed by atoms with Gasteiger partial charge in [0.1, 0.15) is 0 Å². The van der Waals surface area contributed by atoms with Crippen molar-refractivity contribution in [2.45, 2.75) is 51.6 Å². The summed E-state index contributed by atoms with van der Waals surface area (Å²) in [5.74, 6) is 1.04. The highest BCUT2D eigenvalue weighted by Gasteiger charge is 2.37. The second-order valence-corrected chi connectivity index (χ2v) is 6.24. The number of nitrogens with zero attached hydrogens (tertiary/aromatic N) is 1. The molecule has 2 rings (SSSR count). The predicted molar refractivity (Wildman–Crippen MR) is 76.0 cm³/mol. The number of hydrogen-bond acceptors (Lipinski definition) is 4. The van der Waals surface area contributed by atoms with Gasteiger partial charge in [-0.3, -0.25) is 9.69 Å². The van der Waals surface area contributed by atoms with Gasteiger partial charge in [-0.15, -0.1) is 0 Å². The van der Waals surface area contributed by atoms with E-state index in [0.29, 0.717) is 30.3 Å². The van der Waals surface area contributed by atoms with Gasteiger partial charge < -0.3 is 10.1 Å². The number of nitrogens with one attached hydrogen (secondary N) is 1. The Morgan fingerprint density at radius 2 is 2.26 bits per heavy atom. The Bertz CT molecular complexity index is 309. The third-order valence-corrected chi connectivity index (χ3v) is 4.88. The number of ether oxygens (including phenoxy) is 1. The Morgan fingerprint density at radius 1 is 1.47 bits per heavy atom. The van der Waals surface area contributed by atoms with Crippen molar-refractivity contribution >= 4 is 5.97 Å². The van der Waals surface area contributed by atoms with Gasteiger partial charge in [-0.1, -0.05) is 13.8 Å². The van der Waals surface area contributed by atoms with Crippen LogP contribution in [0.1, 0.15) is 39.5 Å². The van der Waals surface area contributed by atoms with Gasteiger partial charge in [-0.05, 0) is 50.7 Å². The molecule has 1 N–H and O–H groups in total. The molecule has 0 aliphatic carbocycles. The van der Waals surface area contributed by atoms with Crippen molar-refractivity contribution in [1.29, 1.82) is 0 Å². The first-order chi connectivity index (χ1) is 9.13. The summed E-state index contributed by atoms with van der Waals surface area (Å²) in [6.45, 7) is 8.00. The molecule has 4 nitrogen and oxygen atoms in total. The zero-order valence-corrected chi connectivity index (χ0v) is 12.5. The van der Waals surface area contributed by atoms with Crippen molar-refractivity contribution in [3.63, 3.8) is 0 Å². The SMILES string of the molecule is COC(=O)CC(C)C1CCCN1C1CCNCC1C. The van der Waals surface area contributed by atoms with Crippen molar-refractivity contribution < 1.29 is 9.53 Å². The first-order valence-electron chi connectivity index (χ1n) is 7.66. The minimum atomic E-state index is -0.0716. The van der Waals surface area contributed by atoms with Crippen LogP contribution < -0.4 is 5.32 Å². The van der Waals surface area contributed by atoms with E-state index in [2.05, 4.69) is 24.1 Å². The lowest BCUT2D eigenvalue weighted by Gasteiger charge is -2.41. The monoisotopic (exact) mass is 268 g/mol. The van der Waals surface area contributed by atoms with Gasteiger partial charge in [0.25, 0.3) is 0 Å². The average molecular weight is 268 g/mol. The molecule has 19 heavy (non-hydrogen) atoms. The molecule has 2 aliphatic heterocycles. The normalized spacial score (nSPS) is 34.2. The fourth-order valence-corrected chi connectivity index (χ4v) is 3.81. The Morgan fingerprint density at radius 3 is 2.95 bits per heavy atom. The van der Waals surface area contributed by atoms with Crippen LogP contribution in [0.5, 0.6) is 0 Å². The largest absolute Gasteiger partial charge is 0.469 e. The number of rotatable bonds is 4. The Labute approximate surface area is 116 Å². The second kappa shape index (κ2) is 6.71. The summed E-state index contributed by atoms with van der Waals surface area (Å²) in [4.78, 5) is 14.2. The van der Waals surface area contributed by atoms with E-state index in [1.165, 1.54) is 32.9 Å². The maximum atomic E-state index is 11.5. The van der Waals surface area contributed by atoms with Crippen LogP contribution in [0.15, 0.2) is 0 Å². The molecular weight excluding hydrogens is 240 g/mol. The quantitative estimate of drug-likeness (QED) is 0.787. The molecule has 0 aromatic rings. The fourth-order valence-electron chi connectivity index (χ4n) is 3.81. The zero-order chi connectivity index (χ0) is 13.8. The van der Waals surface area contributed by atoms with Crippen LogP contribution in [0.25, 0.3) is 0 Å². The van der Waals surface area contributed by atoms with Gasteiger partial charge in [-0.25, -0.2) is 0 Å². The maximum Gasteiger partial charge on any atom is 0.305 e. The maximum absolute atomic E-state index is 11.5. The molecule has 0 aromatic carbocycles. The summed E-state index contributed by atoms with van der Waals surface area (Å²) in [5.41, 5.74) is 0. The molecule has 110 valence electrons. The molecule has 4 heteroatoms. The molecule has 0 amide bonds. The lowest BCUT2D eigenvalue weighted by molar-refractivity contribution is -0.142. The molecule has 2 heterocycles. The van der Waals surface area contributed by atoms with Crippen molar-refractivity contribution in [2.24, 2.45) is 11.8 Å². The number of hydrogen-bond donors (Lipinski definition) is 1. The van der Waals surface area contributed by atoms with Crippen LogP contribution in [0, 0.1) is 11.8 Å². The summed E-state index contributed by atoms with van der Waals surface area (Å²) < 4.78 is 4.81. The first kappa shape index (κ1) is 14.8. The summed E-state index contributed by atoms with van der Waals surface area (Å²) >= 11 is 0. The highest BCUT2D eigenvalue weighted by Crippen LogP contribution is 2.32.